The van der Waals surface area contributed by atoms with Crippen molar-refractivity contribution in [1.29, 1.82) is 0 Å². The average Bonchev–Trinajstić information content (AvgIpc) is 2.73. The maximum Gasteiger partial charge on any atom is 0.409 e. The fourth-order valence-corrected chi connectivity index (χ4v) is 4.03. The first-order valence-corrected chi connectivity index (χ1v) is 10.7. The molecule has 2 heterocycles. The van der Waals surface area contributed by atoms with E-state index in [4.69, 9.17) is 4.74 Å². The van der Waals surface area contributed by atoms with Gasteiger partial charge in [0.1, 0.15) is 0 Å². The summed E-state index contributed by atoms with van der Waals surface area (Å²) in [4.78, 5) is 44.7. The van der Waals surface area contributed by atoms with Gasteiger partial charge in [0.15, 0.2) is 0 Å². The van der Waals surface area contributed by atoms with Crippen molar-refractivity contribution in [2.75, 3.05) is 65.5 Å². The lowest BCUT2D eigenvalue weighted by atomic mass is 10.1. The van der Waals surface area contributed by atoms with Crippen LogP contribution in [0.1, 0.15) is 28.4 Å². The van der Waals surface area contributed by atoms with Gasteiger partial charge in [0, 0.05) is 57.9 Å². The molecule has 0 aromatic heterocycles. The van der Waals surface area contributed by atoms with Crippen molar-refractivity contribution in [2.24, 2.45) is 0 Å². The lowest BCUT2D eigenvalue weighted by Crippen LogP contribution is -2.55. The molecule has 164 valence electrons. The van der Waals surface area contributed by atoms with Gasteiger partial charge in [-0.2, -0.15) is 0 Å². The Bertz CT molecular complexity index is 761. The molecule has 3 rings (SSSR count). The van der Waals surface area contributed by atoms with Crippen LogP contribution in [-0.4, -0.2) is 103 Å². The lowest BCUT2D eigenvalue weighted by Gasteiger charge is -2.37. The second-order valence-corrected chi connectivity index (χ2v) is 8.01. The first kappa shape index (κ1) is 22.1. The van der Waals surface area contributed by atoms with E-state index < -0.39 is 0 Å². The van der Waals surface area contributed by atoms with E-state index >= 15 is 0 Å². The fraction of sp³-hybridized carbons (Fsp3) is 0.591. The quantitative estimate of drug-likeness (QED) is 0.741. The number of aryl methyl sites for hydroxylation is 2. The standard InChI is InChI=1S/C22H32N4O4/c1-4-30-22(29)26-11-9-24(10-12-26)20(27)16-23-5-7-25(8-6-23)21(28)19-14-17(2)13-18(3)15-19/h13-15H,4-12,16H2,1-3H3. The Labute approximate surface area is 178 Å². The molecule has 0 N–H and O–H groups in total. The van der Waals surface area contributed by atoms with E-state index in [1.54, 1.807) is 11.8 Å². The zero-order valence-electron chi connectivity index (χ0n) is 18.2. The van der Waals surface area contributed by atoms with Gasteiger partial charge in [-0.25, -0.2) is 4.79 Å². The first-order chi connectivity index (χ1) is 14.4. The van der Waals surface area contributed by atoms with Gasteiger partial charge in [-0.3, -0.25) is 14.5 Å². The van der Waals surface area contributed by atoms with Crippen LogP contribution in [0.15, 0.2) is 18.2 Å². The maximum absolute atomic E-state index is 12.8. The summed E-state index contributed by atoms with van der Waals surface area (Å²) in [5.41, 5.74) is 2.91. The van der Waals surface area contributed by atoms with E-state index in [-0.39, 0.29) is 17.9 Å². The predicted molar refractivity (Wildman–Crippen MR) is 113 cm³/mol. The summed E-state index contributed by atoms with van der Waals surface area (Å²) in [7, 11) is 0. The van der Waals surface area contributed by atoms with Gasteiger partial charge in [0.25, 0.3) is 5.91 Å². The van der Waals surface area contributed by atoms with Crippen molar-refractivity contribution < 1.29 is 19.1 Å². The Hall–Kier alpha value is -2.61. The molecule has 0 saturated carbocycles. The lowest BCUT2D eigenvalue weighted by molar-refractivity contribution is -0.134. The highest BCUT2D eigenvalue weighted by Crippen LogP contribution is 2.14. The molecule has 1 aromatic carbocycles. The van der Waals surface area contributed by atoms with Crippen molar-refractivity contribution in [3.63, 3.8) is 0 Å². The van der Waals surface area contributed by atoms with E-state index in [1.807, 2.05) is 35.8 Å². The van der Waals surface area contributed by atoms with E-state index in [0.29, 0.717) is 65.5 Å². The largest absolute Gasteiger partial charge is 0.450 e. The number of hydrogen-bond acceptors (Lipinski definition) is 5. The Morgan fingerprint density at radius 3 is 1.90 bits per heavy atom. The third kappa shape index (κ3) is 5.50. The molecule has 2 aliphatic rings. The van der Waals surface area contributed by atoms with Crippen molar-refractivity contribution in [3.8, 4) is 0 Å². The van der Waals surface area contributed by atoms with E-state index in [2.05, 4.69) is 11.0 Å². The van der Waals surface area contributed by atoms with Gasteiger partial charge in [-0.1, -0.05) is 17.2 Å². The number of ether oxygens (including phenoxy) is 1. The van der Waals surface area contributed by atoms with Crippen LogP contribution >= 0.6 is 0 Å². The van der Waals surface area contributed by atoms with Crippen LogP contribution in [-0.2, 0) is 9.53 Å². The molecule has 2 saturated heterocycles. The van der Waals surface area contributed by atoms with Gasteiger partial charge >= 0.3 is 6.09 Å². The smallest absolute Gasteiger partial charge is 0.409 e. The molecule has 0 atom stereocenters. The van der Waals surface area contributed by atoms with E-state index in [9.17, 15) is 14.4 Å². The summed E-state index contributed by atoms with van der Waals surface area (Å²) in [6.07, 6.45) is -0.311. The summed E-state index contributed by atoms with van der Waals surface area (Å²) in [5.74, 6) is 0.135. The van der Waals surface area contributed by atoms with Crippen LogP contribution in [0.4, 0.5) is 4.79 Å². The molecule has 2 fully saturated rings. The fourth-order valence-electron chi connectivity index (χ4n) is 4.03. The summed E-state index contributed by atoms with van der Waals surface area (Å²) < 4.78 is 5.02. The molecule has 0 unspecified atom stereocenters. The molecule has 8 heteroatoms. The summed E-state index contributed by atoms with van der Waals surface area (Å²) in [6, 6.07) is 5.93. The average molecular weight is 417 g/mol. The number of nitrogens with zero attached hydrogens (tertiary/aromatic N) is 4. The molecule has 30 heavy (non-hydrogen) atoms. The van der Waals surface area contributed by atoms with Crippen molar-refractivity contribution in [2.45, 2.75) is 20.8 Å². The second kappa shape index (κ2) is 9.93. The number of hydrogen-bond donors (Lipinski definition) is 0. The molecule has 0 bridgehead atoms. The van der Waals surface area contributed by atoms with Gasteiger partial charge in [-0.05, 0) is 32.9 Å². The minimum atomic E-state index is -0.311. The van der Waals surface area contributed by atoms with Gasteiger partial charge in [0.05, 0.1) is 13.2 Å². The normalized spacial score (nSPS) is 17.8. The number of benzene rings is 1. The molecule has 3 amide bonds. The van der Waals surface area contributed by atoms with Crippen LogP contribution < -0.4 is 0 Å². The maximum atomic E-state index is 12.8. The second-order valence-electron chi connectivity index (χ2n) is 8.01. The highest BCUT2D eigenvalue weighted by Gasteiger charge is 2.28. The highest BCUT2D eigenvalue weighted by molar-refractivity contribution is 5.94. The number of rotatable bonds is 4. The van der Waals surface area contributed by atoms with Crippen LogP contribution in [0.3, 0.4) is 0 Å². The number of piperazine rings is 2. The van der Waals surface area contributed by atoms with Crippen molar-refractivity contribution in [3.05, 3.63) is 34.9 Å². The Morgan fingerprint density at radius 2 is 1.33 bits per heavy atom. The van der Waals surface area contributed by atoms with Crippen LogP contribution in [0, 0.1) is 13.8 Å². The molecular formula is C22H32N4O4. The molecule has 0 aliphatic carbocycles. The topological polar surface area (TPSA) is 73.4 Å². The van der Waals surface area contributed by atoms with Crippen molar-refractivity contribution in [1.82, 2.24) is 19.6 Å². The third-order valence-corrected chi connectivity index (χ3v) is 5.65. The van der Waals surface area contributed by atoms with Crippen LogP contribution in [0.2, 0.25) is 0 Å². The summed E-state index contributed by atoms with van der Waals surface area (Å²) in [5, 5.41) is 0. The van der Waals surface area contributed by atoms with Gasteiger partial charge in [0.2, 0.25) is 5.91 Å². The Morgan fingerprint density at radius 1 is 0.800 bits per heavy atom. The number of carbonyl (C=O) groups is 3. The molecule has 2 aliphatic heterocycles. The third-order valence-electron chi connectivity index (χ3n) is 5.65. The minimum Gasteiger partial charge on any atom is -0.450 e. The highest BCUT2D eigenvalue weighted by atomic mass is 16.6. The number of carbonyl (C=O) groups excluding carboxylic acids is 3. The molecule has 1 aromatic rings. The van der Waals surface area contributed by atoms with Crippen LogP contribution in [0.25, 0.3) is 0 Å². The van der Waals surface area contributed by atoms with Gasteiger partial charge < -0.3 is 19.4 Å². The molecular weight excluding hydrogens is 384 g/mol. The Kier molecular flexibility index (Phi) is 7.31. The Balaban J connectivity index is 1.44. The van der Waals surface area contributed by atoms with E-state index in [0.717, 1.165) is 16.7 Å². The first-order valence-electron chi connectivity index (χ1n) is 10.7. The summed E-state index contributed by atoms with van der Waals surface area (Å²) >= 11 is 0. The molecule has 0 spiro atoms. The zero-order valence-corrected chi connectivity index (χ0v) is 18.2. The van der Waals surface area contributed by atoms with E-state index in [1.165, 1.54) is 0 Å². The molecule has 8 nitrogen and oxygen atoms in total. The monoisotopic (exact) mass is 416 g/mol. The van der Waals surface area contributed by atoms with Gasteiger partial charge in [-0.15, -0.1) is 0 Å². The predicted octanol–water partition coefficient (Wildman–Crippen LogP) is 1.36. The van der Waals surface area contributed by atoms with Crippen LogP contribution in [0.5, 0.6) is 0 Å². The minimum absolute atomic E-state index is 0.0582. The SMILES string of the molecule is CCOC(=O)N1CCN(C(=O)CN2CCN(C(=O)c3cc(C)cc(C)c3)CC2)CC1. The van der Waals surface area contributed by atoms with Crippen molar-refractivity contribution >= 4 is 17.9 Å². The zero-order chi connectivity index (χ0) is 21.7. The molecule has 0 radical (unpaired) electrons. The summed E-state index contributed by atoms with van der Waals surface area (Å²) in [6.45, 7) is 11.2. The number of amides is 3.